The molecule has 1 aromatic heterocycles. The molecule has 4 N–H and O–H groups in total. The normalized spacial score (nSPS) is 20.7. The van der Waals surface area contributed by atoms with Crippen molar-refractivity contribution in [3.63, 3.8) is 0 Å². The monoisotopic (exact) mass is 575 g/mol. The molecule has 0 spiro atoms. The second-order valence-electron chi connectivity index (χ2n) is 10.7. The summed E-state index contributed by atoms with van der Waals surface area (Å²) in [6.07, 6.45) is 2.60. The first-order chi connectivity index (χ1) is 20.4. The molecule has 42 heavy (non-hydrogen) atoms. The van der Waals surface area contributed by atoms with Crippen LogP contribution in [0.15, 0.2) is 54.1 Å². The Morgan fingerprint density at radius 3 is 2.74 bits per heavy atom. The summed E-state index contributed by atoms with van der Waals surface area (Å²) in [4.78, 5) is 43.8. The van der Waals surface area contributed by atoms with Crippen LogP contribution in [0.25, 0.3) is 10.9 Å². The third kappa shape index (κ3) is 5.64. The van der Waals surface area contributed by atoms with Crippen molar-refractivity contribution in [2.75, 3.05) is 26.8 Å². The smallest absolute Gasteiger partial charge is 0.247 e. The van der Waals surface area contributed by atoms with Gasteiger partial charge in [0.2, 0.25) is 11.8 Å². The van der Waals surface area contributed by atoms with Crippen LogP contribution in [-0.2, 0) is 16.0 Å². The quantitative estimate of drug-likeness (QED) is 0.243. The molecule has 2 aliphatic rings. The maximum atomic E-state index is 13.6. The predicted molar refractivity (Wildman–Crippen MR) is 157 cm³/mol. The molecule has 10 nitrogen and oxygen atoms in total. The Bertz CT molecular complexity index is 1460. The highest BCUT2D eigenvalue weighted by molar-refractivity contribution is 5.96. The molecule has 4 atom stereocenters. The zero-order chi connectivity index (χ0) is 29.8. The lowest BCUT2D eigenvalue weighted by molar-refractivity contribution is -0.137. The molecule has 0 bridgehead atoms. The molecule has 4 unspecified atom stereocenters. The molecule has 2 amide bonds. The second kappa shape index (κ2) is 12.8. The van der Waals surface area contributed by atoms with Crippen LogP contribution < -0.4 is 14.8 Å². The third-order valence-electron chi connectivity index (χ3n) is 8.04. The van der Waals surface area contributed by atoms with Crippen LogP contribution in [0.5, 0.6) is 11.5 Å². The fraction of sp³-hybridized carbons (Fsp3) is 0.406. The standard InChI is InChI=1S/C32H37N3O7/c1-3-4-9-27(38)35(12-10-21-16-20-7-5-6-8-24(20)34-21)25-17-23(32(40)33-11-13-36)28-22-14-19(18-37)15-26(41-2)30(22)42-31(28)29(25)39/h5-8,14-18,25,28-29,31,34,36,39H,3-4,9-13H2,1-2H3,(H,33,40). The summed E-state index contributed by atoms with van der Waals surface area (Å²) in [6, 6.07) is 12.3. The number of rotatable bonds is 12. The Balaban J connectivity index is 1.53. The van der Waals surface area contributed by atoms with Crippen molar-refractivity contribution >= 4 is 29.0 Å². The molecule has 1 aliphatic heterocycles. The number of aliphatic hydroxyl groups is 2. The Morgan fingerprint density at radius 2 is 2.02 bits per heavy atom. The van der Waals surface area contributed by atoms with Gasteiger partial charge in [0.05, 0.1) is 25.7 Å². The lowest BCUT2D eigenvalue weighted by atomic mass is 9.77. The summed E-state index contributed by atoms with van der Waals surface area (Å²) in [7, 11) is 1.46. The fourth-order valence-corrected chi connectivity index (χ4v) is 5.98. The van der Waals surface area contributed by atoms with Gasteiger partial charge < -0.3 is 34.9 Å². The van der Waals surface area contributed by atoms with Crippen molar-refractivity contribution in [3.05, 3.63) is 70.9 Å². The number of nitrogens with one attached hydrogen (secondary N) is 2. The zero-order valence-corrected chi connectivity index (χ0v) is 23.8. The first-order valence-electron chi connectivity index (χ1n) is 14.4. The van der Waals surface area contributed by atoms with E-state index < -0.39 is 30.1 Å². The van der Waals surface area contributed by atoms with Gasteiger partial charge in [-0.05, 0) is 42.1 Å². The van der Waals surface area contributed by atoms with Crippen molar-refractivity contribution in [1.82, 2.24) is 15.2 Å². The van der Waals surface area contributed by atoms with Gasteiger partial charge in [-0.25, -0.2) is 0 Å². The number of para-hydroxylation sites is 1. The summed E-state index contributed by atoms with van der Waals surface area (Å²) in [5, 5.41) is 24.9. The second-order valence-corrected chi connectivity index (χ2v) is 10.7. The van der Waals surface area contributed by atoms with E-state index in [9.17, 15) is 24.6 Å². The van der Waals surface area contributed by atoms with Crippen LogP contribution in [0.2, 0.25) is 0 Å². The minimum absolute atomic E-state index is 0.0335. The van der Waals surface area contributed by atoms with Gasteiger partial charge in [0, 0.05) is 53.8 Å². The molecule has 222 valence electrons. The summed E-state index contributed by atoms with van der Waals surface area (Å²) in [5.74, 6) is -0.615. The van der Waals surface area contributed by atoms with Gasteiger partial charge in [-0.2, -0.15) is 0 Å². The molecule has 2 heterocycles. The lowest BCUT2D eigenvalue weighted by Crippen LogP contribution is -2.56. The molecular weight excluding hydrogens is 538 g/mol. The van der Waals surface area contributed by atoms with E-state index in [0.717, 1.165) is 23.0 Å². The average molecular weight is 576 g/mol. The number of carbonyl (C=O) groups excluding carboxylic acids is 3. The maximum absolute atomic E-state index is 13.6. The summed E-state index contributed by atoms with van der Waals surface area (Å²) in [5.41, 5.74) is 3.14. The number of amides is 2. The number of carbonyl (C=O) groups is 3. The number of aromatic nitrogens is 1. The minimum Gasteiger partial charge on any atom is -0.493 e. The number of methoxy groups -OCH3 is 1. The molecule has 2 aromatic carbocycles. The number of aliphatic hydroxyl groups excluding tert-OH is 2. The van der Waals surface area contributed by atoms with Crippen LogP contribution in [0.3, 0.4) is 0 Å². The van der Waals surface area contributed by atoms with E-state index in [4.69, 9.17) is 9.47 Å². The number of unbranched alkanes of at least 4 members (excludes halogenated alkanes) is 1. The van der Waals surface area contributed by atoms with Gasteiger partial charge in [-0.3, -0.25) is 14.4 Å². The number of aldehydes is 1. The van der Waals surface area contributed by atoms with Gasteiger partial charge in [0.1, 0.15) is 18.5 Å². The number of aromatic amines is 1. The fourth-order valence-electron chi connectivity index (χ4n) is 5.98. The van der Waals surface area contributed by atoms with Crippen molar-refractivity contribution in [3.8, 4) is 11.5 Å². The zero-order valence-electron chi connectivity index (χ0n) is 23.8. The van der Waals surface area contributed by atoms with Crippen LogP contribution in [-0.4, -0.2) is 83.3 Å². The van der Waals surface area contributed by atoms with E-state index in [2.05, 4.69) is 16.4 Å². The molecule has 0 radical (unpaired) electrons. The van der Waals surface area contributed by atoms with Crippen molar-refractivity contribution in [2.45, 2.75) is 56.8 Å². The lowest BCUT2D eigenvalue weighted by Gasteiger charge is -2.40. The predicted octanol–water partition coefficient (Wildman–Crippen LogP) is 2.87. The number of ether oxygens (including phenoxy) is 2. The highest BCUT2D eigenvalue weighted by Gasteiger charge is 2.51. The molecule has 0 saturated heterocycles. The van der Waals surface area contributed by atoms with Crippen LogP contribution >= 0.6 is 0 Å². The van der Waals surface area contributed by atoms with Gasteiger partial charge in [-0.1, -0.05) is 31.5 Å². The van der Waals surface area contributed by atoms with Crippen molar-refractivity contribution in [1.29, 1.82) is 0 Å². The largest absolute Gasteiger partial charge is 0.493 e. The van der Waals surface area contributed by atoms with Gasteiger partial charge in [-0.15, -0.1) is 0 Å². The number of fused-ring (bicyclic) bond motifs is 4. The molecule has 0 fully saturated rings. The molecular formula is C32H37N3O7. The van der Waals surface area contributed by atoms with Gasteiger partial charge in [0.25, 0.3) is 0 Å². The molecule has 0 saturated carbocycles. The number of H-pyrrole nitrogens is 1. The summed E-state index contributed by atoms with van der Waals surface area (Å²) < 4.78 is 11.8. The Morgan fingerprint density at radius 1 is 1.21 bits per heavy atom. The van der Waals surface area contributed by atoms with E-state index in [-0.39, 0.29) is 19.1 Å². The van der Waals surface area contributed by atoms with Crippen molar-refractivity contribution < 1.29 is 34.1 Å². The SMILES string of the molecule is CCCCC(=O)N(CCc1cc2ccccc2[nH]1)C1C=C(C(=O)NCCO)C2c3cc(C=O)cc(OC)c3OC2C1O. The van der Waals surface area contributed by atoms with E-state index in [1.54, 1.807) is 23.1 Å². The Kier molecular flexibility index (Phi) is 8.94. The first kappa shape index (κ1) is 29.3. The first-order valence-corrected chi connectivity index (χ1v) is 14.4. The number of hydrogen-bond acceptors (Lipinski definition) is 7. The number of benzene rings is 2. The summed E-state index contributed by atoms with van der Waals surface area (Å²) >= 11 is 0. The minimum atomic E-state index is -1.17. The third-order valence-corrected chi connectivity index (χ3v) is 8.04. The van der Waals surface area contributed by atoms with Gasteiger partial charge in [0.15, 0.2) is 11.5 Å². The van der Waals surface area contributed by atoms with E-state index in [0.29, 0.717) is 60.3 Å². The molecule has 1 aliphatic carbocycles. The molecule has 10 heteroatoms. The van der Waals surface area contributed by atoms with Crippen LogP contribution in [0.1, 0.15) is 53.7 Å². The number of nitrogens with zero attached hydrogens (tertiary/aromatic N) is 1. The van der Waals surface area contributed by atoms with Crippen LogP contribution in [0.4, 0.5) is 0 Å². The Labute approximate surface area is 244 Å². The van der Waals surface area contributed by atoms with E-state index in [1.807, 2.05) is 31.2 Å². The number of hydrogen-bond donors (Lipinski definition) is 4. The highest BCUT2D eigenvalue weighted by Crippen LogP contribution is 2.51. The Hall–Kier alpha value is -4.15. The van der Waals surface area contributed by atoms with E-state index in [1.165, 1.54) is 7.11 Å². The summed E-state index contributed by atoms with van der Waals surface area (Å²) in [6.45, 7) is 2.10. The molecule has 3 aromatic rings. The topological polar surface area (TPSA) is 141 Å². The van der Waals surface area contributed by atoms with Crippen LogP contribution in [0, 0.1) is 0 Å². The average Bonchev–Trinajstić information content (AvgIpc) is 3.61. The molecule has 5 rings (SSSR count). The van der Waals surface area contributed by atoms with E-state index >= 15 is 0 Å². The van der Waals surface area contributed by atoms with Gasteiger partial charge >= 0.3 is 0 Å². The van der Waals surface area contributed by atoms with Crippen molar-refractivity contribution in [2.24, 2.45) is 0 Å². The maximum Gasteiger partial charge on any atom is 0.247 e. The highest BCUT2D eigenvalue weighted by atomic mass is 16.5.